The minimum Gasteiger partial charge on any atom is -0.426 e. The van der Waals surface area contributed by atoms with E-state index in [4.69, 9.17) is 21.1 Å². The van der Waals surface area contributed by atoms with Gasteiger partial charge in [0.25, 0.3) is 11.6 Å². The van der Waals surface area contributed by atoms with Gasteiger partial charge in [0.15, 0.2) is 11.5 Å². The number of thiazole rings is 1. The summed E-state index contributed by atoms with van der Waals surface area (Å²) in [7, 11) is 0. The van der Waals surface area contributed by atoms with Crippen LogP contribution in [0.15, 0.2) is 41.3 Å². The van der Waals surface area contributed by atoms with Gasteiger partial charge in [0.2, 0.25) is 0 Å². The zero-order valence-electron chi connectivity index (χ0n) is 11.6. The highest BCUT2D eigenvalue weighted by molar-refractivity contribution is 9.10. The Bertz CT molecular complexity index is 848. The predicted molar refractivity (Wildman–Crippen MR) is 88.4 cm³/mol. The summed E-state index contributed by atoms with van der Waals surface area (Å²) >= 11 is 9.81. The van der Waals surface area contributed by atoms with Gasteiger partial charge in [0.1, 0.15) is 0 Å². The van der Waals surface area contributed by atoms with Gasteiger partial charge in [-0.25, -0.2) is 23.7 Å². The lowest BCUT2D eigenvalue weighted by atomic mass is 10.3. The molecule has 0 atom stereocenters. The van der Waals surface area contributed by atoms with Gasteiger partial charge in [-0.2, -0.15) is 0 Å². The van der Waals surface area contributed by atoms with E-state index >= 15 is 0 Å². The Morgan fingerprint density at radius 1 is 1.08 bits per heavy atom. The van der Waals surface area contributed by atoms with Crippen molar-refractivity contribution in [2.45, 2.75) is 6.43 Å². The normalized spacial score (nSPS) is 10.9. The van der Waals surface area contributed by atoms with Crippen molar-refractivity contribution in [2.75, 3.05) is 0 Å². The van der Waals surface area contributed by atoms with Crippen molar-refractivity contribution in [1.82, 2.24) is 15.0 Å². The van der Waals surface area contributed by atoms with Gasteiger partial charge in [-0.3, -0.25) is 0 Å². The molecule has 10 heteroatoms. The van der Waals surface area contributed by atoms with Gasteiger partial charge < -0.3 is 9.47 Å². The van der Waals surface area contributed by atoms with E-state index in [1.807, 2.05) is 0 Å². The first-order chi connectivity index (χ1) is 11.5. The number of benzene rings is 1. The highest BCUT2D eigenvalue weighted by Gasteiger charge is 2.17. The van der Waals surface area contributed by atoms with Crippen molar-refractivity contribution < 1.29 is 18.3 Å². The van der Waals surface area contributed by atoms with Gasteiger partial charge >= 0.3 is 6.01 Å². The number of aromatic nitrogens is 3. The number of ether oxygens (including phenoxy) is 2. The first kappa shape index (κ1) is 17.0. The SMILES string of the molecule is FC(F)c1cnc(Oc2c(Br)cccc2Oc2ncc(Cl)cn2)s1. The monoisotopic (exact) mass is 433 g/mol. The summed E-state index contributed by atoms with van der Waals surface area (Å²) in [5.74, 6) is 0.562. The van der Waals surface area contributed by atoms with E-state index in [0.717, 1.165) is 17.5 Å². The second kappa shape index (κ2) is 7.37. The molecule has 0 unspecified atom stereocenters. The molecule has 124 valence electrons. The Morgan fingerprint density at radius 3 is 2.50 bits per heavy atom. The maximum absolute atomic E-state index is 12.7. The summed E-state index contributed by atoms with van der Waals surface area (Å²) in [6, 6.07) is 5.12. The topological polar surface area (TPSA) is 57.1 Å². The summed E-state index contributed by atoms with van der Waals surface area (Å²) < 4.78 is 37.0. The molecule has 5 nitrogen and oxygen atoms in total. The van der Waals surface area contributed by atoms with E-state index in [2.05, 4.69) is 30.9 Å². The number of hydrogen-bond acceptors (Lipinski definition) is 6. The Balaban J connectivity index is 1.87. The van der Waals surface area contributed by atoms with Crippen LogP contribution in [0.4, 0.5) is 8.78 Å². The van der Waals surface area contributed by atoms with Crippen molar-refractivity contribution in [3.8, 4) is 22.7 Å². The van der Waals surface area contributed by atoms with Crippen molar-refractivity contribution in [3.05, 3.63) is 51.2 Å². The number of hydrogen-bond donors (Lipinski definition) is 0. The molecule has 2 heterocycles. The van der Waals surface area contributed by atoms with Crippen LogP contribution in [-0.4, -0.2) is 15.0 Å². The van der Waals surface area contributed by atoms with E-state index in [-0.39, 0.29) is 21.8 Å². The molecule has 0 aliphatic heterocycles. The van der Waals surface area contributed by atoms with Crippen LogP contribution in [0.5, 0.6) is 22.7 Å². The Morgan fingerprint density at radius 2 is 1.83 bits per heavy atom. The molecule has 0 aliphatic carbocycles. The highest BCUT2D eigenvalue weighted by atomic mass is 79.9. The number of halogens is 4. The van der Waals surface area contributed by atoms with Crippen LogP contribution in [-0.2, 0) is 0 Å². The minimum atomic E-state index is -2.60. The summed E-state index contributed by atoms with van der Waals surface area (Å²) in [5.41, 5.74) is 0. The minimum absolute atomic E-state index is 0.0646. The third kappa shape index (κ3) is 3.97. The Kier molecular flexibility index (Phi) is 5.22. The van der Waals surface area contributed by atoms with Crippen molar-refractivity contribution in [1.29, 1.82) is 0 Å². The summed E-state index contributed by atoms with van der Waals surface area (Å²) in [6.45, 7) is 0. The van der Waals surface area contributed by atoms with Crippen molar-refractivity contribution in [3.63, 3.8) is 0 Å². The van der Waals surface area contributed by atoms with Crippen LogP contribution < -0.4 is 9.47 Å². The average molecular weight is 435 g/mol. The van der Waals surface area contributed by atoms with Crippen LogP contribution in [0.25, 0.3) is 0 Å². The molecule has 2 aromatic heterocycles. The largest absolute Gasteiger partial charge is 0.426 e. The maximum atomic E-state index is 12.7. The number of para-hydroxylation sites is 1. The molecule has 0 amide bonds. The van der Waals surface area contributed by atoms with Gasteiger partial charge in [-0.1, -0.05) is 29.0 Å². The maximum Gasteiger partial charge on any atom is 0.322 e. The van der Waals surface area contributed by atoms with Gasteiger partial charge in [-0.05, 0) is 28.1 Å². The van der Waals surface area contributed by atoms with E-state index in [1.54, 1.807) is 18.2 Å². The molecule has 0 aliphatic rings. The average Bonchev–Trinajstić information content (AvgIpc) is 3.02. The third-order valence-corrected chi connectivity index (χ3v) is 4.34. The molecule has 0 saturated carbocycles. The summed E-state index contributed by atoms with van der Waals surface area (Å²) in [5, 5.41) is 0.439. The van der Waals surface area contributed by atoms with Crippen LogP contribution in [0, 0.1) is 0 Å². The molecule has 0 bridgehead atoms. The fourth-order valence-corrected chi connectivity index (χ4v) is 2.78. The van der Waals surface area contributed by atoms with Gasteiger partial charge in [0, 0.05) is 0 Å². The van der Waals surface area contributed by atoms with E-state index < -0.39 is 6.43 Å². The first-order valence-corrected chi connectivity index (χ1v) is 8.37. The van der Waals surface area contributed by atoms with Crippen molar-refractivity contribution in [2.24, 2.45) is 0 Å². The van der Waals surface area contributed by atoms with Crippen LogP contribution >= 0.6 is 38.9 Å². The van der Waals surface area contributed by atoms with Gasteiger partial charge in [-0.15, -0.1) is 0 Å². The predicted octanol–water partition coefficient (Wildman–Crippen LogP) is 5.87. The summed E-state index contributed by atoms with van der Waals surface area (Å²) in [4.78, 5) is 11.5. The van der Waals surface area contributed by atoms with Crippen LogP contribution in [0.3, 0.4) is 0 Å². The number of nitrogens with zero attached hydrogens (tertiary/aromatic N) is 3. The molecule has 0 saturated heterocycles. The number of rotatable bonds is 5. The molecule has 1 aromatic carbocycles. The van der Waals surface area contributed by atoms with Crippen LogP contribution in [0.2, 0.25) is 5.02 Å². The first-order valence-electron chi connectivity index (χ1n) is 6.38. The number of alkyl halides is 2. The molecule has 24 heavy (non-hydrogen) atoms. The zero-order chi connectivity index (χ0) is 17.1. The molecule has 3 aromatic rings. The fourth-order valence-electron chi connectivity index (χ4n) is 1.63. The second-order valence-electron chi connectivity index (χ2n) is 4.28. The highest BCUT2D eigenvalue weighted by Crippen LogP contribution is 2.41. The molecule has 3 rings (SSSR count). The Hall–Kier alpha value is -1.84. The Labute approximate surface area is 152 Å². The third-order valence-electron chi connectivity index (χ3n) is 2.64. The van der Waals surface area contributed by atoms with Gasteiger partial charge in [0.05, 0.1) is 33.0 Å². The zero-order valence-corrected chi connectivity index (χ0v) is 14.8. The molecule has 0 spiro atoms. The van der Waals surface area contributed by atoms with E-state index in [9.17, 15) is 8.78 Å². The van der Waals surface area contributed by atoms with E-state index in [1.165, 1.54) is 12.4 Å². The smallest absolute Gasteiger partial charge is 0.322 e. The van der Waals surface area contributed by atoms with E-state index in [0.29, 0.717) is 15.2 Å². The molecule has 0 fully saturated rings. The second-order valence-corrected chi connectivity index (χ2v) is 6.60. The lowest BCUT2D eigenvalue weighted by Gasteiger charge is -2.11. The molecular weight excluding hydrogens is 428 g/mol. The van der Waals surface area contributed by atoms with Crippen molar-refractivity contribution >= 4 is 38.9 Å². The quantitative estimate of drug-likeness (QED) is 0.502. The molecular formula is C14H7BrClF2N3O2S. The summed E-state index contributed by atoms with van der Waals surface area (Å²) in [6.07, 6.45) is 1.25. The molecule has 0 radical (unpaired) electrons. The van der Waals surface area contributed by atoms with Crippen LogP contribution in [0.1, 0.15) is 11.3 Å². The lowest BCUT2D eigenvalue weighted by Crippen LogP contribution is -1.94. The fraction of sp³-hybridized carbons (Fsp3) is 0.0714. The molecule has 0 N–H and O–H groups in total. The lowest BCUT2D eigenvalue weighted by molar-refractivity contribution is 0.155. The standard InChI is InChI=1S/C14H7BrClF2N3O2S/c15-8-2-1-3-9(22-13-19-4-7(16)5-20-13)11(8)23-14-21-6-10(24-14)12(17)18/h1-6,12H.